The van der Waals surface area contributed by atoms with Crippen LogP contribution in [0.3, 0.4) is 0 Å². The number of aryl methyl sites for hydroxylation is 1. The Morgan fingerprint density at radius 2 is 1.94 bits per heavy atom. The van der Waals surface area contributed by atoms with E-state index in [-0.39, 0.29) is 12.1 Å². The Morgan fingerprint density at radius 3 is 2.56 bits per heavy atom. The normalized spacial score (nSPS) is 13.0. The summed E-state index contributed by atoms with van der Waals surface area (Å²) in [6.07, 6.45) is 0.136. The van der Waals surface area contributed by atoms with E-state index in [2.05, 4.69) is 18.0 Å². The molecule has 1 aromatic carbocycles. The Hall–Kier alpha value is -1.61. The molecule has 0 spiro atoms. The fourth-order valence-electron chi connectivity index (χ4n) is 2.00. The molecule has 0 fully saturated rings. The zero-order valence-electron chi connectivity index (χ0n) is 11.4. The van der Waals surface area contributed by atoms with Crippen LogP contribution < -0.4 is 10.5 Å². The van der Waals surface area contributed by atoms with Crippen molar-refractivity contribution < 1.29 is 4.74 Å². The fourth-order valence-corrected chi connectivity index (χ4v) is 2.00. The first kappa shape index (κ1) is 12.8. The molecule has 1 atom stereocenters. The van der Waals surface area contributed by atoms with Gasteiger partial charge in [0.05, 0.1) is 11.8 Å². The van der Waals surface area contributed by atoms with Gasteiger partial charge in [-0.05, 0) is 45.4 Å². The van der Waals surface area contributed by atoms with E-state index in [1.807, 2.05) is 39.0 Å². The first-order valence-corrected chi connectivity index (χ1v) is 6.31. The molecular weight excluding hydrogens is 224 g/mol. The summed E-state index contributed by atoms with van der Waals surface area (Å²) < 4.78 is 5.81. The van der Waals surface area contributed by atoms with Gasteiger partial charge in [-0.25, -0.2) is 4.98 Å². The van der Waals surface area contributed by atoms with Gasteiger partial charge in [-0.2, -0.15) is 0 Å². The maximum absolute atomic E-state index is 5.92. The van der Waals surface area contributed by atoms with Crippen LogP contribution in [0.1, 0.15) is 38.1 Å². The lowest BCUT2D eigenvalue weighted by atomic mass is 10.1. The van der Waals surface area contributed by atoms with Crippen LogP contribution in [0.25, 0.3) is 10.9 Å². The van der Waals surface area contributed by atoms with Gasteiger partial charge in [-0.1, -0.05) is 12.1 Å². The molecule has 96 valence electrons. The number of nitrogens with two attached hydrogens (primary N) is 1. The van der Waals surface area contributed by atoms with E-state index < -0.39 is 0 Å². The summed E-state index contributed by atoms with van der Waals surface area (Å²) in [4.78, 5) is 4.64. The van der Waals surface area contributed by atoms with E-state index in [1.54, 1.807) is 0 Å². The highest BCUT2D eigenvalue weighted by Crippen LogP contribution is 2.28. The molecule has 0 saturated carbocycles. The molecule has 0 bridgehead atoms. The number of nitrogens with zero attached hydrogens (tertiary/aromatic N) is 1. The Balaban J connectivity index is 2.65. The van der Waals surface area contributed by atoms with Crippen LogP contribution >= 0.6 is 0 Å². The Bertz CT molecular complexity index is 562. The molecule has 0 saturated heterocycles. The van der Waals surface area contributed by atoms with E-state index >= 15 is 0 Å². The Kier molecular flexibility index (Phi) is 3.53. The summed E-state index contributed by atoms with van der Waals surface area (Å²) in [5.74, 6) is 0.827. The van der Waals surface area contributed by atoms with E-state index in [4.69, 9.17) is 10.5 Å². The molecular formula is C15H20N2O. The number of rotatable bonds is 3. The maximum atomic E-state index is 5.92. The summed E-state index contributed by atoms with van der Waals surface area (Å²) in [7, 11) is 0. The molecule has 1 aromatic heterocycles. The van der Waals surface area contributed by atoms with Crippen LogP contribution in [-0.4, -0.2) is 11.1 Å². The summed E-state index contributed by atoms with van der Waals surface area (Å²) in [6, 6.07) is 8.00. The van der Waals surface area contributed by atoms with Crippen LogP contribution in [0.4, 0.5) is 0 Å². The van der Waals surface area contributed by atoms with E-state index in [0.717, 1.165) is 22.3 Å². The highest BCUT2D eigenvalue weighted by Gasteiger charge is 2.10. The van der Waals surface area contributed by atoms with Gasteiger partial charge in [0.1, 0.15) is 11.3 Å². The number of ether oxygens (including phenoxy) is 1. The average Bonchev–Trinajstić information content (AvgIpc) is 2.29. The van der Waals surface area contributed by atoms with Crippen molar-refractivity contribution in [2.24, 2.45) is 5.73 Å². The highest BCUT2D eigenvalue weighted by atomic mass is 16.5. The molecule has 2 N–H and O–H groups in total. The van der Waals surface area contributed by atoms with E-state index in [9.17, 15) is 0 Å². The van der Waals surface area contributed by atoms with Crippen molar-refractivity contribution in [3.05, 3.63) is 35.5 Å². The lowest BCUT2D eigenvalue weighted by Gasteiger charge is -2.14. The van der Waals surface area contributed by atoms with Crippen molar-refractivity contribution in [1.29, 1.82) is 0 Å². The average molecular weight is 244 g/mol. The van der Waals surface area contributed by atoms with Crippen LogP contribution in [0.2, 0.25) is 0 Å². The smallest absolute Gasteiger partial charge is 0.145 e. The van der Waals surface area contributed by atoms with Crippen LogP contribution in [0.5, 0.6) is 5.75 Å². The third-order valence-corrected chi connectivity index (χ3v) is 2.86. The summed E-state index contributed by atoms with van der Waals surface area (Å²) in [6.45, 7) is 8.05. The molecule has 2 aromatic rings. The minimum atomic E-state index is -0.0693. The molecule has 2 rings (SSSR count). The molecule has 0 aliphatic rings. The zero-order chi connectivity index (χ0) is 13.3. The van der Waals surface area contributed by atoms with Crippen molar-refractivity contribution in [1.82, 2.24) is 4.98 Å². The van der Waals surface area contributed by atoms with E-state index in [0.29, 0.717) is 0 Å². The Labute approximate surface area is 108 Å². The lowest BCUT2D eigenvalue weighted by molar-refractivity contribution is 0.245. The predicted molar refractivity (Wildman–Crippen MR) is 74.8 cm³/mol. The number of benzene rings is 1. The third kappa shape index (κ3) is 2.46. The summed E-state index contributed by atoms with van der Waals surface area (Å²) in [5.41, 5.74) is 8.91. The van der Waals surface area contributed by atoms with E-state index in [1.165, 1.54) is 5.56 Å². The zero-order valence-corrected chi connectivity index (χ0v) is 11.4. The molecule has 1 heterocycles. The quantitative estimate of drug-likeness (QED) is 0.900. The topological polar surface area (TPSA) is 48.1 Å². The standard InChI is InChI=1S/C15H20N2O/c1-9(2)18-14-7-5-6-12-10(3)8-13(11(4)16)17-15(12)14/h5-9,11H,16H2,1-4H3. The second-order valence-corrected chi connectivity index (χ2v) is 4.97. The van der Waals surface area contributed by atoms with Gasteiger partial charge >= 0.3 is 0 Å². The van der Waals surface area contributed by atoms with Crippen LogP contribution in [-0.2, 0) is 0 Å². The molecule has 0 aliphatic carbocycles. The SMILES string of the molecule is Cc1cc(C(C)N)nc2c(OC(C)C)cccc12. The molecule has 18 heavy (non-hydrogen) atoms. The number of hydrogen-bond donors (Lipinski definition) is 1. The molecule has 3 heteroatoms. The lowest BCUT2D eigenvalue weighted by Crippen LogP contribution is -2.10. The largest absolute Gasteiger partial charge is 0.489 e. The monoisotopic (exact) mass is 244 g/mol. The van der Waals surface area contributed by atoms with Gasteiger partial charge in [-0.15, -0.1) is 0 Å². The number of aromatic nitrogens is 1. The van der Waals surface area contributed by atoms with Crippen molar-refractivity contribution in [3.8, 4) is 5.75 Å². The number of hydrogen-bond acceptors (Lipinski definition) is 3. The van der Waals surface area contributed by atoms with Gasteiger partial charge in [0.25, 0.3) is 0 Å². The molecule has 0 amide bonds. The number of pyridine rings is 1. The highest BCUT2D eigenvalue weighted by molar-refractivity contribution is 5.87. The van der Waals surface area contributed by atoms with Crippen LogP contribution in [0.15, 0.2) is 24.3 Å². The van der Waals surface area contributed by atoms with Gasteiger partial charge < -0.3 is 10.5 Å². The predicted octanol–water partition coefficient (Wildman–Crippen LogP) is 3.35. The van der Waals surface area contributed by atoms with Gasteiger partial charge in [0.15, 0.2) is 0 Å². The fraction of sp³-hybridized carbons (Fsp3) is 0.400. The molecule has 0 radical (unpaired) electrons. The third-order valence-electron chi connectivity index (χ3n) is 2.86. The summed E-state index contributed by atoms with van der Waals surface area (Å²) in [5, 5.41) is 1.12. The Morgan fingerprint density at radius 1 is 1.22 bits per heavy atom. The van der Waals surface area contributed by atoms with Gasteiger partial charge in [0, 0.05) is 11.4 Å². The number of fused-ring (bicyclic) bond motifs is 1. The van der Waals surface area contributed by atoms with Crippen molar-refractivity contribution in [2.75, 3.05) is 0 Å². The number of para-hydroxylation sites is 1. The van der Waals surface area contributed by atoms with Crippen molar-refractivity contribution in [2.45, 2.75) is 39.8 Å². The minimum absolute atomic E-state index is 0.0693. The molecule has 1 unspecified atom stereocenters. The van der Waals surface area contributed by atoms with Crippen molar-refractivity contribution in [3.63, 3.8) is 0 Å². The first-order chi connectivity index (χ1) is 8.49. The molecule has 3 nitrogen and oxygen atoms in total. The summed E-state index contributed by atoms with van der Waals surface area (Å²) >= 11 is 0. The van der Waals surface area contributed by atoms with Crippen molar-refractivity contribution >= 4 is 10.9 Å². The second kappa shape index (κ2) is 4.94. The first-order valence-electron chi connectivity index (χ1n) is 6.31. The maximum Gasteiger partial charge on any atom is 0.145 e. The molecule has 0 aliphatic heterocycles. The van der Waals surface area contributed by atoms with Crippen LogP contribution in [0, 0.1) is 6.92 Å². The minimum Gasteiger partial charge on any atom is -0.489 e. The van der Waals surface area contributed by atoms with Gasteiger partial charge in [0.2, 0.25) is 0 Å². The second-order valence-electron chi connectivity index (χ2n) is 4.97. The van der Waals surface area contributed by atoms with Gasteiger partial charge in [-0.3, -0.25) is 0 Å².